The number of ether oxygens (including phenoxy) is 2. The second-order valence-electron chi connectivity index (χ2n) is 10.4. The number of hydrogen-bond acceptors (Lipinski definition) is 2. The predicted octanol–water partition coefficient (Wildman–Crippen LogP) is 7.95. The van der Waals surface area contributed by atoms with Gasteiger partial charge in [-0.25, -0.2) is 0 Å². The molecule has 2 bridgehead atoms. The summed E-state index contributed by atoms with van der Waals surface area (Å²) < 4.78 is 14.5. The van der Waals surface area contributed by atoms with Crippen LogP contribution in [0.4, 0.5) is 0 Å². The van der Waals surface area contributed by atoms with Crippen LogP contribution in [0.1, 0.15) is 55.6 Å². The Hall–Kier alpha value is -4.82. The van der Waals surface area contributed by atoms with E-state index in [1.54, 1.807) is 0 Å². The van der Waals surface area contributed by atoms with E-state index in [1.807, 2.05) is 12.1 Å². The van der Waals surface area contributed by atoms with Crippen LogP contribution in [-0.2, 0) is 20.7 Å². The van der Waals surface area contributed by atoms with Gasteiger partial charge in [0, 0.05) is 44.5 Å². The predicted molar refractivity (Wildman–Crippen MR) is 150 cm³/mol. The third-order valence-corrected chi connectivity index (χ3v) is 8.56. The van der Waals surface area contributed by atoms with Gasteiger partial charge in [0.05, 0.1) is 0 Å². The molecule has 0 radical (unpaired) electrons. The van der Waals surface area contributed by atoms with Crippen LogP contribution in [0, 0.1) is 0 Å². The molecule has 0 fully saturated rings. The third kappa shape index (κ3) is 2.26. The van der Waals surface area contributed by atoms with E-state index in [0.29, 0.717) is 0 Å². The van der Waals surface area contributed by atoms with E-state index in [2.05, 4.69) is 121 Å². The highest BCUT2D eigenvalue weighted by Crippen LogP contribution is 2.68. The Kier molecular flexibility index (Phi) is 3.70. The van der Waals surface area contributed by atoms with Crippen LogP contribution < -0.4 is 0 Å². The van der Waals surface area contributed by atoms with Crippen molar-refractivity contribution in [1.29, 1.82) is 0 Å². The molecule has 2 spiro atoms. The lowest BCUT2D eigenvalue weighted by atomic mass is 9.53. The van der Waals surface area contributed by atoms with Gasteiger partial charge in [0.2, 0.25) is 0 Å². The van der Waals surface area contributed by atoms with Crippen molar-refractivity contribution >= 4 is 23.7 Å². The molecule has 0 atom stereocenters. The SMILES string of the molecule is C1=C(c2ccccc2)OC23c4ccccc4C4(OC(c5ccccc5)=Cc5ccc1c2c54)c1ccccc13. The number of benzene rings is 5. The van der Waals surface area contributed by atoms with Crippen molar-refractivity contribution in [3.8, 4) is 0 Å². The smallest absolute Gasteiger partial charge is 0.186 e. The van der Waals surface area contributed by atoms with Gasteiger partial charge in [-0.3, -0.25) is 0 Å². The van der Waals surface area contributed by atoms with E-state index < -0.39 is 11.2 Å². The van der Waals surface area contributed by atoms with Gasteiger partial charge in [-0.15, -0.1) is 0 Å². The molecule has 178 valence electrons. The summed E-state index contributed by atoms with van der Waals surface area (Å²) in [4.78, 5) is 0. The first-order valence-corrected chi connectivity index (χ1v) is 13.1. The lowest BCUT2D eigenvalue weighted by Gasteiger charge is -2.58. The highest BCUT2D eigenvalue weighted by Gasteiger charge is 2.65. The maximum absolute atomic E-state index is 7.27. The summed E-state index contributed by atoms with van der Waals surface area (Å²) >= 11 is 0. The van der Waals surface area contributed by atoms with Crippen molar-refractivity contribution in [2.75, 3.05) is 0 Å². The molecule has 2 aliphatic heterocycles. The van der Waals surface area contributed by atoms with Gasteiger partial charge in [-0.2, -0.15) is 0 Å². The van der Waals surface area contributed by atoms with Gasteiger partial charge in [-0.05, 0) is 23.3 Å². The number of rotatable bonds is 2. The van der Waals surface area contributed by atoms with E-state index in [4.69, 9.17) is 9.47 Å². The Morgan fingerprint density at radius 2 is 0.711 bits per heavy atom. The molecule has 3 aliphatic carbocycles. The van der Waals surface area contributed by atoms with Crippen LogP contribution >= 0.6 is 0 Å². The summed E-state index contributed by atoms with van der Waals surface area (Å²) in [7, 11) is 0. The molecular weight excluding hydrogens is 464 g/mol. The molecule has 5 aromatic rings. The molecule has 2 nitrogen and oxygen atoms in total. The van der Waals surface area contributed by atoms with Crippen molar-refractivity contribution in [2.24, 2.45) is 0 Å². The Bertz CT molecular complexity index is 1680. The number of hydrogen-bond donors (Lipinski definition) is 0. The van der Waals surface area contributed by atoms with E-state index in [-0.39, 0.29) is 0 Å². The summed E-state index contributed by atoms with van der Waals surface area (Å²) in [5.74, 6) is 1.77. The zero-order valence-electron chi connectivity index (χ0n) is 20.5. The molecule has 0 saturated carbocycles. The van der Waals surface area contributed by atoms with Crippen LogP contribution in [0.5, 0.6) is 0 Å². The molecule has 38 heavy (non-hydrogen) atoms. The molecule has 5 aromatic carbocycles. The zero-order valence-corrected chi connectivity index (χ0v) is 20.5. The fourth-order valence-electron chi connectivity index (χ4n) is 7.14. The lowest BCUT2D eigenvalue weighted by molar-refractivity contribution is 0.0445. The fraction of sp³-hybridized carbons (Fsp3) is 0.0556. The standard InChI is InChI=1S/C36H22O2/c1-3-11-23(12-4-1)31-21-25-19-20-26-22-32(24-13-5-2-6-14-24)38-36-29-17-9-7-15-27(29)35(37-31,33(25)34(26)36)28-16-8-10-18-30(28)36/h1-22H. The zero-order chi connectivity index (χ0) is 24.9. The summed E-state index contributed by atoms with van der Waals surface area (Å²) in [6, 6.07) is 42.8. The molecule has 0 N–H and O–H groups in total. The minimum Gasteiger partial charge on any atom is -0.472 e. The van der Waals surface area contributed by atoms with Gasteiger partial charge in [0.1, 0.15) is 11.5 Å². The minimum absolute atomic E-state index is 0.753. The van der Waals surface area contributed by atoms with Crippen LogP contribution in [0.3, 0.4) is 0 Å². The molecule has 10 rings (SSSR count). The topological polar surface area (TPSA) is 18.5 Å². The molecule has 2 heteroatoms. The Morgan fingerprint density at radius 1 is 0.368 bits per heavy atom. The summed E-state index contributed by atoms with van der Waals surface area (Å²) in [5, 5.41) is 0. The molecule has 5 aliphatic rings. The third-order valence-electron chi connectivity index (χ3n) is 8.56. The molecule has 0 aromatic heterocycles. The van der Waals surface area contributed by atoms with Gasteiger partial charge in [0.15, 0.2) is 11.2 Å². The molecular formula is C36H22O2. The van der Waals surface area contributed by atoms with Crippen molar-refractivity contribution < 1.29 is 9.47 Å². The fourth-order valence-corrected chi connectivity index (χ4v) is 7.14. The van der Waals surface area contributed by atoms with E-state index in [0.717, 1.165) is 44.9 Å². The maximum Gasteiger partial charge on any atom is 0.186 e. The Balaban J connectivity index is 1.46. The van der Waals surface area contributed by atoms with E-state index >= 15 is 0 Å². The summed E-state index contributed by atoms with van der Waals surface area (Å²) in [6.07, 6.45) is 4.40. The first-order valence-electron chi connectivity index (χ1n) is 13.1. The molecule has 2 heterocycles. The van der Waals surface area contributed by atoms with Crippen molar-refractivity contribution in [1.82, 2.24) is 0 Å². The highest BCUT2D eigenvalue weighted by molar-refractivity contribution is 5.92. The molecule has 0 unspecified atom stereocenters. The van der Waals surface area contributed by atoms with Gasteiger partial charge in [0.25, 0.3) is 0 Å². The molecule has 0 saturated heterocycles. The largest absolute Gasteiger partial charge is 0.472 e. The van der Waals surface area contributed by atoms with Gasteiger partial charge >= 0.3 is 0 Å². The van der Waals surface area contributed by atoms with Gasteiger partial charge in [-0.1, -0.05) is 121 Å². The average Bonchev–Trinajstić information content (AvgIpc) is 3.00. The van der Waals surface area contributed by atoms with E-state index in [1.165, 1.54) is 22.3 Å². The second kappa shape index (κ2) is 6.93. The summed E-state index contributed by atoms with van der Waals surface area (Å²) in [5.41, 5.74) is 10.0. The van der Waals surface area contributed by atoms with Crippen molar-refractivity contribution in [3.63, 3.8) is 0 Å². The van der Waals surface area contributed by atoms with E-state index in [9.17, 15) is 0 Å². The lowest BCUT2D eigenvalue weighted by Crippen LogP contribution is -2.55. The maximum atomic E-state index is 7.27. The van der Waals surface area contributed by atoms with Crippen LogP contribution in [-0.4, -0.2) is 0 Å². The quantitative estimate of drug-likeness (QED) is 0.252. The average molecular weight is 487 g/mol. The Morgan fingerprint density at radius 3 is 1.08 bits per heavy atom. The first kappa shape index (κ1) is 20.3. The van der Waals surface area contributed by atoms with Crippen LogP contribution in [0.15, 0.2) is 121 Å². The monoisotopic (exact) mass is 486 g/mol. The summed E-state index contributed by atoms with van der Waals surface area (Å²) in [6.45, 7) is 0. The van der Waals surface area contributed by atoms with Crippen molar-refractivity contribution in [2.45, 2.75) is 11.2 Å². The van der Waals surface area contributed by atoms with Gasteiger partial charge < -0.3 is 9.47 Å². The second-order valence-corrected chi connectivity index (χ2v) is 10.4. The minimum atomic E-state index is -0.753. The normalized spacial score (nSPS) is 22.6. The highest BCUT2D eigenvalue weighted by atomic mass is 16.5. The molecule has 0 amide bonds. The first-order chi connectivity index (χ1) is 18.8. The Labute approximate surface area is 221 Å². The van der Waals surface area contributed by atoms with Crippen molar-refractivity contribution in [3.05, 3.63) is 177 Å². The van der Waals surface area contributed by atoms with Crippen LogP contribution in [0.2, 0.25) is 0 Å². The van der Waals surface area contributed by atoms with Crippen LogP contribution in [0.25, 0.3) is 23.7 Å².